The molecule has 0 radical (unpaired) electrons. The van der Waals surface area contributed by atoms with Gasteiger partial charge in [-0.2, -0.15) is 0 Å². The molecule has 0 spiro atoms. The topological polar surface area (TPSA) is 66.8 Å². The molecule has 1 aromatic rings. The molecule has 0 fully saturated rings. The minimum Gasteiger partial charge on any atom is -0.481 e. The van der Waals surface area contributed by atoms with E-state index in [1.54, 1.807) is 4.90 Å². The molecular formula is C16H21NO4. The number of benzene rings is 1. The van der Waals surface area contributed by atoms with Crippen LogP contribution in [0.4, 0.5) is 5.69 Å². The molecule has 1 aliphatic rings. The summed E-state index contributed by atoms with van der Waals surface area (Å²) in [5.41, 5.74) is 1.77. The Morgan fingerprint density at radius 1 is 1.38 bits per heavy atom. The Balaban J connectivity index is 2.24. The zero-order valence-electron chi connectivity index (χ0n) is 12.2. The predicted molar refractivity (Wildman–Crippen MR) is 79.1 cm³/mol. The first kappa shape index (κ1) is 15.5. The normalized spacial score (nSPS) is 18.2. The lowest BCUT2D eigenvalue weighted by atomic mass is 10.1. The third-order valence-corrected chi connectivity index (χ3v) is 3.61. The van der Waals surface area contributed by atoms with E-state index in [0.717, 1.165) is 30.5 Å². The Kier molecular flexibility index (Phi) is 5.33. The van der Waals surface area contributed by atoms with E-state index in [0.29, 0.717) is 6.54 Å². The van der Waals surface area contributed by atoms with Crippen LogP contribution < -0.4 is 4.90 Å². The van der Waals surface area contributed by atoms with E-state index in [9.17, 15) is 9.59 Å². The SMILES string of the molecule is CCCCCN1C(=O)C(CC(=O)O)OCc2ccccc21. The Bertz CT molecular complexity index is 515. The van der Waals surface area contributed by atoms with Gasteiger partial charge >= 0.3 is 5.97 Å². The number of hydrogen-bond acceptors (Lipinski definition) is 3. The van der Waals surface area contributed by atoms with Gasteiger partial charge in [0.2, 0.25) is 0 Å². The minimum absolute atomic E-state index is 0.251. The monoisotopic (exact) mass is 291 g/mol. The second kappa shape index (κ2) is 7.22. The average molecular weight is 291 g/mol. The summed E-state index contributed by atoms with van der Waals surface area (Å²) in [5.74, 6) is -1.27. The zero-order valence-corrected chi connectivity index (χ0v) is 12.2. The fraction of sp³-hybridized carbons (Fsp3) is 0.500. The molecule has 1 aromatic carbocycles. The van der Waals surface area contributed by atoms with Crippen molar-refractivity contribution in [1.82, 2.24) is 0 Å². The molecule has 1 N–H and O–H groups in total. The molecule has 114 valence electrons. The van der Waals surface area contributed by atoms with Crippen molar-refractivity contribution in [1.29, 1.82) is 0 Å². The number of carbonyl (C=O) groups excluding carboxylic acids is 1. The summed E-state index contributed by atoms with van der Waals surface area (Å²) in [6.07, 6.45) is 1.80. The van der Waals surface area contributed by atoms with Gasteiger partial charge in [-0.3, -0.25) is 9.59 Å². The average Bonchev–Trinajstić information content (AvgIpc) is 2.59. The highest BCUT2D eigenvalue weighted by Crippen LogP contribution is 2.27. The van der Waals surface area contributed by atoms with Gasteiger partial charge in [0.05, 0.1) is 13.0 Å². The van der Waals surface area contributed by atoms with Gasteiger partial charge in [0.15, 0.2) is 0 Å². The van der Waals surface area contributed by atoms with Gasteiger partial charge in [0.25, 0.3) is 5.91 Å². The molecule has 5 nitrogen and oxygen atoms in total. The van der Waals surface area contributed by atoms with E-state index in [1.165, 1.54) is 0 Å². The molecule has 0 bridgehead atoms. The van der Waals surface area contributed by atoms with Crippen molar-refractivity contribution in [2.24, 2.45) is 0 Å². The number of unbranched alkanes of at least 4 members (excludes halogenated alkanes) is 2. The second-order valence-corrected chi connectivity index (χ2v) is 5.22. The maximum Gasteiger partial charge on any atom is 0.306 e. The van der Waals surface area contributed by atoms with Crippen molar-refractivity contribution >= 4 is 17.6 Å². The number of aliphatic carboxylic acids is 1. The van der Waals surface area contributed by atoms with Gasteiger partial charge in [-0.1, -0.05) is 38.0 Å². The van der Waals surface area contributed by atoms with E-state index in [1.807, 2.05) is 24.3 Å². The number of carbonyl (C=O) groups is 2. The third-order valence-electron chi connectivity index (χ3n) is 3.61. The molecule has 1 atom stereocenters. The van der Waals surface area contributed by atoms with Crippen molar-refractivity contribution in [3.63, 3.8) is 0 Å². The summed E-state index contributed by atoms with van der Waals surface area (Å²) in [6.45, 7) is 2.97. The Labute approximate surface area is 124 Å². The first-order chi connectivity index (χ1) is 10.1. The zero-order chi connectivity index (χ0) is 15.2. The highest BCUT2D eigenvalue weighted by atomic mass is 16.5. The molecule has 0 saturated carbocycles. The van der Waals surface area contributed by atoms with Crippen LogP contribution in [-0.4, -0.2) is 29.6 Å². The van der Waals surface area contributed by atoms with Crippen LogP contribution in [0, 0.1) is 0 Å². The van der Waals surface area contributed by atoms with Gasteiger partial charge in [-0.05, 0) is 12.5 Å². The van der Waals surface area contributed by atoms with E-state index >= 15 is 0 Å². The molecule has 0 saturated heterocycles. The lowest BCUT2D eigenvalue weighted by Crippen LogP contribution is -2.40. The van der Waals surface area contributed by atoms with Crippen molar-refractivity contribution < 1.29 is 19.4 Å². The van der Waals surface area contributed by atoms with Crippen LogP contribution in [0.1, 0.15) is 38.2 Å². The standard InChI is InChI=1S/C16H21NO4/c1-2-3-6-9-17-13-8-5-4-7-12(13)11-21-14(16(17)20)10-15(18)19/h4-5,7-8,14H,2-3,6,9-11H2,1H3,(H,18,19). The fourth-order valence-corrected chi connectivity index (χ4v) is 2.51. The largest absolute Gasteiger partial charge is 0.481 e. The van der Waals surface area contributed by atoms with Crippen LogP contribution in [0.5, 0.6) is 0 Å². The first-order valence-electron chi connectivity index (χ1n) is 7.36. The van der Waals surface area contributed by atoms with Gasteiger partial charge in [-0.25, -0.2) is 0 Å². The quantitative estimate of drug-likeness (QED) is 0.818. The van der Waals surface area contributed by atoms with Gasteiger partial charge in [-0.15, -0.1) is 0 Å². The van der Waals surface area contributed by atoms with Crippen LogP contribution in [-0.2, 0) is 20.9 Å². The summed E-state index contributed by atoms with van der Waals surface area (Å²) in [6, 6.07) is 7.59. The number of ether oxygens (including phenoxy) is 1. The molecule has 2 rings (SSSR count). The number of amides is 1. The number of rotatable bonds is 6. The Morgan fingerprint density at radius 2 is 2.14 bits per heavy atom. The summed E-state index contributed by atoms with van der Waals surface area (Å²) >= 11 is 0. The molecular weight excluding hydrogens is 270 g/mol. The van der Waals surface area contributed by atoms with Crippen LogP contribution in [0.25, 0.3) is 0 Å². The van der Waals surface area contributed by atoms with Crippen molar-refractivity contribution in [3.05, 3.63) is 29.8 Å². The lowest BCUT2D eigenvalue weighted by Gasteiger charge is -2.24. The lowest BCUT2D eigenvalue weighted by molar-refractivity contribution is -0.145. The molecule has 1 heterocycles. The number of anilines is 1. The number of hydrogen-bond donors (Lipinski definition) is 1. The van der Waals surface area contributed by atoms with E-state index < -0.39 is 12.1 Å². The number of para-hydroxylation sites is 1. The van der Waals surface area contributed by atoms with Crippen molar-refractivity contribution in [2.75, 3.05) is 11.4 Å². The second-order valence-electron chi connectivity index (χ2n) is 5.22. The van der Waals surface area contributed by atoms with Gasteiger partial charge in [0.1, 0.15) is 6.10 Å². The fourth-order valence-electron chi connectivity index (χ4n) is 2.51. The Hall–Kier alpha value is -1.88. The minimum atomic E-state index is -1.02. The van der Waals surface area contributed by atoms with E-state index in [-0.39, 0.29) is 18.9 Å². The number of fused-ring (bicyclic) bond motifs is 1. The summed E-state index contributed by atoms with van der Waals surface area (Å²) in [7, 11) is 0. The third kappa shape index (κ3) is 3.82. The van der Waals surface area contributed by atoms with Crippen LogP contribution >= 0.6 is 0 Å². The van der Waals surface area contributed by atoms with Gasteiger partial charge in [0, 0.05) is 17.8 Å². The molecule has 0 aromatic heterocycles. The number of carboxylic acid groups (broad SMARTS) is 1. The summed E-state index contributed by atoms with van der Waals surface area (Å²) < 4.78 is 5.52. The Morgan fingerprint density at radius 3 is 2.86 bits per heavy atom. The predicted octanol–water partition coefficient (Wildman–Crippen LogP) is 2.58. The first-order valence-corrected chi connectivity index (χ1v) is 7.36. The maximum absolute atomic E-state index is 12.6. The number of carboxylic acids is 1. The molecule has 1 aliphatic heterocycles. The summed E-state index contributed by atoms with van der Waals surface area (Å²) in [5, 5.41) is 8.94. The molecule has 1 amide bonds. The van der Waals surface area contributed by atoms with E-state index in [2.05, 4.69) is 6.92 Å². The molecule has 1 unspecified atom stereocenters. The number of nitrogens with zero attached hydrogens (tertiary/aromatic N) is 1. The van der Waals surface area contributed by atoms with Crippen LogP contribution in [0.3, 0.4) is 0 Å². The van der Waals surface area contributed by atoms with Crippen LogP contribution in [0.15, 0.2) is 24.3 Å². The van der Waals surface area contributed by atoms with Crippen molar-refractivity contribution in [3.8, 4) is 0 Å². The van der Waals surface area contributed by atoms with Crippen LogP contribution in [0.2, 0.25) is 0 Å². The maximum atomic E-state index is 12.6. The van der Waals surface area contributed by atoms with Crippen molar-refractivity contribution in [2.45, 2.75) is 45.3 Å². The molecule has 21 heavy (non-hydrogen) atoms. The smallest absolute Gasteiger partial charge is 0.306 e. The molecule has 0 aliphatic carbocycles. The van der Waals surface area contributed by atoms with E-state index in [4.69, 9.17) is 9.84 Å². The van der Waals surface area contributed by atoms with Gasteiger partial charge < -0.3 is 14.7 Å². The highest BCUT2D eigenvalue weighted by molar-refractivity contribution is 5.99. The highest BCUT2D eigenvalue weighted by Gasteiger charge is 2.32. The molecule has 5 heteroatoms. The summed E-state index contributed by atoms with van der Waals surface area (Å²) in [4.78, 5) is 25.2.